The van der Waals surface area contributed by atoms with Crippen molar-refractivity contribution in [3.8, 4) is 0 Å². The van der Waals surface area contributed by atoms with Crippen LogP contribution in [0.15, 0.2) is 0 Å². The Kier molecular flexibility index (Phi) is 5.88. The van der Waals surface area contributed by atoms with Gasteiger partial charge < -0.3 is 9.47 Å². The molecule has 0 aromatic heterocycles. The molecule has 0 aromatic rings. The zero-order valence-corrected chi connectivity index (χ0v) is 10.4. The van der Waals surface area contributed by atoms with Crippen molar-refractivity contribution in [2.75, 3.05) is 46.9 Å². The second kappa shape index (κ2) is 6.67. The van der Waals surface area contributed by atoms with E-state index in [1.54, 1.807) is 21.3 Å². The van der Waals surface area contributed by atoms with Gasteiger partial charge in [-0.15, -0.1) is 0 Å². The third-order valence-corrected chi connectivity index (χ3v) is 4.46. The first-order chi connectivity index (χ1) is 7.26. The molecule has 1 aliphatic heterocycles. The number of hydrogen-bond acceptors (Lipinski definition) is 5. The molecule has 0 N–H and O–H groups in total. The maximum Gasteiger partial charge on any atom is 0.104 e. The van der Waals surface area contributed by atoms with Crippen LogP contribution in [0.5, 0.6) is 0 Å². The predicted octanol–water partition coefficient (Wildman–Crippen LogP) is 1.28. The van der Waals surface area contributed by atoms with Gasteiger partial charge in [-0.2, -0.15) is 0 Å². The van der Waals surface area contributed by atoms with Crippen LogP contribution in [0, 0.1) is 0 Å². The van der Waals surface area contributed by atoms with Gasteiger partial charge in [0.15, 0.2) is 0 Å². The van der Waals surface area contributed by atoms with E-state index in [2.05, 4.69) is 0 Å². The number of rotatable bonds is 9. The molecule has 6 heteroatoms. The topological polar surface area (TPSA) is 49.5 Å². The largest absolute Gasteiger partial charge is 0.379 e. The summed E-state index contributed by atoms with van der Waals surface area (Å²) < 4.78 is 26.1. The van der Waals surface area contributed by atoms with E-state index in [0.29, 0.717) is 19.3 Å². The molecule has 5 nitrogen and oxygen atoms in total. The minimum Gasteiger partial charge on any atom is -0.379 e. The fraction of sp³-hybridized carbons (Fsp3) is 1.00. The van der Waals surface area contributed by atoms with E-state index < -0.39 is 10.9 Å². The highest BCUT2D eigenvalue weighted by molar-refractivity contribution is 8.21. The standard InChI is InChI=1S/C9H20O5S/c1-10-15(11-2,12-3)6-4-5-13-7-9-8-14-9/h9H,4-8H2,1-3H3. The second-order valence-corrected chi connectivity index (χ2v) is 5.67. The molecule has 0 amide bonds. The zero-order chi connectivity index (χ0) is 11.1. The van der Waals surface area contributed by atoms with Crippen LogP contribution in [0.1, 0.15) is 6.42 Å². The van der Waals surface area contributed by atoms with Crippen LogP contribution in [0.3, 0.4) is 0 Å². The average Bonchev–Trinajstić information content (AvgIpc) is 3.08. The lowest BCUT2D eigenvalue weighted by Gasteiger charge is -2.33. The van der Waals surface area contributed by atoms with Gasteiger partial charge in [-0.1, -0.05) is 0 Å². The van der Waals surface area contributed by atoms with Crippen LogP contribution < -0.4 is 0 Å². The SMILES string of the molecule is COS(CCCOCC1CO1)(OC)OC. The summed E-state index contributed by atoms with van der Waals surface area (Å²) in [5.41, 5.74) is 0. The van der Waals surface area contributed by atoms with Gasteiger partial charge in [0, 0.05) is 12.4 Å². The summed E-state index contributed by atoms with van der Waals surface area (Å²) in [7, 11) is 2.99. The summed E-state index contributed by atoms with van der Waals surface area (Å²) >= 11 is 0. The Labute approximate surface area is 92.9 Å². The molecular weight excluding hydrogens is 220 g/mol. The van der Waals surface area contributed by atoms with E-state index in [4.69, 9.17) is 22.0 Å². The molecule has 0 bridgehead atoms. The Hall–Kier alpha value is 0.150. The molecule has 0 aromatic carbocycles. The van der Waals surface area contributed by atoms with Crippen LogP contribution in [0.25, 0.3) is 0 Å². The monoisotopic (exact) mass is 240 g/mol. The Morgan fingerprint density at radius 2 is 1.80 bits per heavy atom. The van der Waals surface area contributed by atoms with Gasteiger partial charge in [-0.25, -0.2) is 0 Å². The minimum atomic E-state index is -1.81. The quantitative estimate of drug-likeness (QED) is 0.449. The van der Waals surface area contributed by atoms with Crippen LogP contribution in [-0.4, -0.2) is 53.0 Å². The fourth-order valence-electron chi connectivity index (χ4n) is 1.17. The molecule has 1 heterocycles. The summed E-state index contributed by atoms with van der Waals surface area (Å²) in [6.45, 7) is 2.21. The van der Waals surface area contributed by atoms with Crippen molar-refractivity contribution in [2.45, 2.75) is 12.5 Å². The van der Waals surface area contributed by atoms with Gasteiger partial charge in [0.05, 0.1) is 45.4 Å². The molecule has 0 saturated carbocycles. The fourth-order valence-corrected chi connectivity index (χ4v) is 2.55. The van der Waals surface area contributed by atoms with Crippen LogP contribution in [0.4, 0.5) is 0 Å². The Morgan fingerprint density at radius 1 is 1.20 bits per heavy atom. The van der Waals surface area contributed by atoms with E-state index in [-0.39, 0.29) is 0 Å². The molecule has 1 rings (SSSR count). The van der Waals surface area contributed by atoms with Crippen molar-refractivity contribution >= 4 is 10.9 Å². The molecule has 0 radical (unpaired) electrons. The van der Waals surface area contributed by atoms with E-state index in [1.807, 2.05) is 0 Å². The molecule has 1 unspecified atom stereocenters. The zero-order valence-electron chi connectivity index (χ0n) is 9.56. The number of epoxide rings is 1. The molecule has 0 aliphatic carbocycles. The summed E-state index contributed by atoms with van der Waals surface area (Å²) in [5.74, 6) is 0.724. The Morgan fingerprint density at radius 3 is 2.27 bits per heavy atom. The highest BCUT2D eigenvalue weighted by Gasteiger charge is 2.24. The molecule has 92 valence electrons. The molecule has 0 spiro atoms. The van der Waals surface area contributed by atoms with E-state index in [0.717, 1.165) is 18.8 Å². The summed E-state index contributed by atoms with van der Waals surface area (Å²) in [4.78, 5) is 0. The second-order valence-electron chi connectivity index (χ2n) is 3.15. The van der Waals surface area contributed by atoms with Gasteiger partial charge in [0.25, 0.3) is 0 Å². The molecule has 1 atom stereocenters. The molecule has 1 fully saturated rings. The third kappa shape index (κ3) is 4.67. The molecule has 1 aliphatic rings. The summed E-state index contributed by atoms with van der Waals surface area (Å²) in [5, 5.41) is 0. The van der Waals surface area contributed by atoms with Crippen LogP contribution in [-0.2, 0) is 22.0 Å². The summed E-state index contributed by atoms with van der Waals surface area (Å²) in [6.07, 6.45) is 1.19. The Bertz CT molecular complexity index is 162. The van der Waals surface area contributed by atoms with Crippen LogP contribution >= 0.6 is 10.9 Å². The smallest absolute Gasteiger partial charge is 0.104 e. The predicted molar refractivity (Wildman–Crippen MR) is 58.7 cm³/mol. The highest BCUT2D eigenvalue weighted by Crippen LogP contribution is 2.49. The van der Waals surface area contributed by atoms with Gasteiger partial charge >= 0.3 is 0 Å². The number of ether oxygens (including phenoxy) is 2. The highest BCUT2D eigenvalue weighted by atomic mass is 32.3. The first-order valence-electron chi connectivity index (χ1n) is 4.93. The summed E-state index contributed by atoms with van der Waals surface area (Å²) in [6, 6.07) is 0. The lowest BCUT2D eigenvalue weighted by molar-refractivity contribution is 0.116. The molecule has 1 saturated heterocycles. The van der Waals surface area contributed by atoms with Crippen molar-refractivity contribution in [2.24, 2.45) is 0 Å². The lowest BCUT2D eigenvalue weighted by atomic mass is 10.5. The van der Waals surface area contributed by atoms with Crippen molar-refractivity contribution < 1.29 is 22.0 Å². The first kappa shape index (κ1) is 13.2. The van der Waals surface area contributed by atoms with Crippen LogP contribution in [0.2, 0.25) is 0 Å². The Balaban J connectivity index is 2.04. The maximum atomic E-state index is 5.41. The van der Waals surface area contributed by atoms with Crippen molar-refractivity contribution in [1.29, 1.82) is 0 Å². The van der Waals surface area contributed by atoms with Gasteiger partial charge in [0.2, 0.25) is 0 Å². The van der Waals surface area contributed by atoms with Gasteiger partial charge in [0.1, 0.15) is 6.10 Å². The van der Waals surface area contributed by atoms with Crippen molar-refractivity contribution in [3.63, 3.8) is 0 Å². The van der Waals surface area contributed by atoms with Crippen molar-refractivity contribution in [1.82, 2.24) is 0 Å². The maximum absolute atomic E-state index is 5.41. The molecular formula is C9H20O5S. The van der Waals surface area contributed by atoms with E-state index >= 15 is 0 Å². The van der Waals surface area contributed by atoms with E-state index in [1.165, 1.54) is 0 Å². The number of hydrogen-bond donors (Lipinski definition) is 0. The van der Waals surface area contributed by atoms with E-state index in [9.17, 15) is 0 Å². The lowest BCUT2D eigenvalue weighted by Crippen LogP contribution is -2.13. The minimum absolute atomic E-state index is 0.328. The third-order valence-electron chi connectivity index (χ3n) is 2.15. The normalized spacial score (nSPS) is 21.7. The van der Waals surface area contributed by atoms with Gasteiger partial charge in [-0.05, 0) is 6.42 Å². The average molecular weight is 240 g/mol. The van der Waals surface area contributed by atoms with Crippen molar-refractivity contribution in [3.05, 3.63) is 0 Å². The first-order valence-corrected chi connectivity index (χ1v) is 6.51. The van der Waals surface area contributed by atoms with Gasteiger partial charge in [-0.3, -0.25) is 12.5 Å². The molecule has 15 heavy (non-hydrogen) atoms.